The minimum absolute atomic E-state index is 0.0533. The summed E-state index contributed by atoms with van der Waals surface area (Å²) in [5, 5.41) is 11.3. The molecule has 0 unspecified atom stereocenters. The lowest BCUT2D eigenvalue weighted by molar-refractivity contribution is -0.384. The first kappa shape index (κ1) is 17.2. The zero-order valence-corrected chi connectivity index (χ0v) is 13.6. The van der Waals surface area contributed by atoms with Crippen LogP contribution in [0.2, 0.25) is 0 Å². The Balaban J connectivity index is 2.33. The molecule has 0 radical (unpaired) electrons. The lowest BCUT2D eigenvalue weighted by Crippen LogP contribution is -2.38. The zero-order chi connectivity index (χ0) is 17.2. The van der Waals surface area contributed by atoms with E-state index in [0.29, 0.717) is 31.6 Å². The van der Waals surface area contributed by atoms with Gasteiger partial charge in [-0.1, -0.05) is 6.92 Å². The lowest BCUT2D eigenvalue weighted by atomic mass is 9.96. The number of hydrogen-bond acceptors (Lipinski definition) is 6. The molecule has 126 valence electrons. The number of benzene rings is 1. The first-order valence-corrected chi connectivity index (χ1v) is 8.97. The second-order valence-corrected chi connectivity index (χ2v) is 7.75. The summed E-state index contributed by atoms with van der Waals surface area (Å²) >= 11 is 0. The van der Waals surface area contributed by atoms with Gasteiger partial charge in [-0.25, -0.2) is 8.42 Å². The third kappa shape index (κ3) is 3.61. The smallest absolute Gasteiger partial charge is 0.293 e. The molecule has 9 heteroatoms. The van der Waals surface area contributed by atoms with E-state index in [4.69, 9.17) is 5.73 Å². The summed E-state index contributed by atoms with van der Waals surface area (Å²) in [5.41, 5.74) is 5.41. The molecular weight excluding hydrogens is 322 g/mol. The SMILES string of the molecule is CCS(=O)(=O)c1ccc(N2CCC(C(N)=O)CC2)c([N+](=O)[O-])c1. The van der Waals surface area contributed by atoms with Crippen molar-refractivity contribution in [3.8, 4) is 0 Å². The van der Waals surface area contributed by atoms with E-state index in [1.807, 2.05) is 0 Å². The molecule has 1 aliphatic heterocycles. The van der Waals surface area contributed by atoms with Crippen molar-refractivity contribution in [2.75, 3.05) is 23.7 Å². The van der Waals surface area contributed by atoms with Crippen LogP contribution in [0.25, 0.3) is 0 Å². The summed E-state index contributed by atoms with van der Waals surface area (Å²) in [6.45, 7) is 2.42. The van der Waals surface area contributed by atoms with E-state index in [0.717, 1.165) is 6.07 Å². The van der Waals surface area contributed by atoms with Crippen molar-refractivity contribution >= 4 is 27.1 Å². The molecule has 0 bridgehead atoms. The molecule has 23 heavy (non-hydrogen) atoms. The molecule has 8 nitrogen and oxygen atoms in total. The fraction of sp³-hybridized carbons (Fsp3) is 0.500. The minimum Gasteiger partial charge on any atom is -0.369 e. The number of nitro benzene ring substituents is 1. The fourth-order valence-corrected chi connectivity index (χ4v) is 3.58. The maximum absolute atomic E-state index is 11.9. The van der Waals surface area contributed by atoms with Gasteiger partial charge in [0.05, 0.1) is 15.6 Å². The molecule has 1 aromatic rings. The van der Waals surface area contributed by atoms with E-state index in [-0.39, 0.29) is 28.2 Å². The highest BCUT2D eigenvalue weighted by Gasteiger charge is 2.28. The van der Waals surface area contributed by atoms with Crippen LogP contribution in [0.1, 0.15) is 19.8 Å². The van der Waals surface area contributed by atoms with E-state index in [1.165, 1.54) is 19.1 Å². The average Bonchev–Trinajstić information content (AvgIpc) is 2.54. The predicted octanol–water partition coefficient (Wildman–Crippen LogP) is 1.09. The maximum Gasteiger partial charge on any atom is 0.293 e. The number of rotatable bonds is 5. The number of nitro groups is 1. The second-order valence-electron chi connectivity index (χ2n) is 5.47. The monoisotopic (exact) mass is 341 g/mol. The van der Waals surface area contributed by atoms with Gasteiger partial charge in [-0.2, -0.15) is 0 Å². The van der Waals surface area contributed by atoms with E-state index in [9.17, 15) is 23.3 Å². The summed E-state index contributed by atoms with van der Waals surface area (Å²) in [6.07, 6.45) is 1.06. The Bertz CT molecular complexity index is 724. The van der Waals surface area contributed by atoms with Crippen molar-refractivity contribution < 1.29 is 18.1 Å². The van der Waals surface area contributed by atoms with Crippen molar-refractivity contribution in [2.24, 2.45) is 11.7 Å². The molecular formula is C14H19N3O5S. The van der Waals surface area contributed by atoms with Crippen LogP contribution in [0, 0.1) is 16.0 Å². The normalized spacial score (nSPS) is 16.3. The van der Waals surface area contributed by atoms with Crippen LogP contribution in [-0.4, -0.2) is 38.1 Å². The summed E-state index contributed by atoms with van der Waals surface area (Å²) in [6, 6.07) is 3.96. The minimum atomic E-state index is -3.51. The van der Waals surface area contributed by atoms with Gasteiger partial charge in [0.1, 0.15) is 5.69 Å². The number of nitrogens with two attached hydrogens (primary N) is 1. The molecule has 0 aliphatic carbocycles. The molecule has 0 saturated carbocycles. The first-order chi connectivity index (χ1) is 10.8. The largest absolute Gasteiger partial charge is 0.369 e. The summed E-state index contributed by atoms with van der Waals surface area (Å²) < 4.78 is 23.8. The summed E-state index contributed by atoms with van der Waals surface area (Å²) in [5.74, 6) is -0.693. The Kier molecular flexibility index (Phi) is 4.88. The summed E-state index contributed by atoms with van der Waals surface area (Å²) in [7, 11) is -3.51. The van der Waals surface area contributed by atoms with Gasteiger partial charge in [0, 0.05) is 25.1 Å². The number of sulfone groups is 1. The number of hydrogen-bond donors (Lipinski definition) is 1. The highest BCUT2D eigenvalue weighted by molar-refractivity contribution is 7.91. The molecule has 1 fully saturated rings. The average molecular weight is 341 g/mol. The van der Waals surface area contributed by atoms with Crippen molar-refractivity contribution in [3.63, 3.8) is 0 Å². The number of primary amides is 1. The fourth-order valence-electron chi connectivity index (χ4n) is 2.68. The highest BCUT2D eigenvalue weighted by atomic mass is 32.2. The molecule has 0 atom stereocenters. The number of carbonyl (C=O) groups is 1. The van der Waals surface area contributed by atoms with Gasteiger partial charge in [0.2, 0.25) is 5.91 Å². The molecule has 1 saturated heterocycles. The molecule has 0 spiro atoms. The van der Waals surface area contributed by atoms with Gasteiger partial charge in [-0.05, 0) is 25.0 Å². The van der Waals surface area contributed by atoms with Gasteiger partial charge >= 0.3 is 0 Å². The number of nitrogens with zero attached hydrogens (tertiary/aromatic N) is 2. The van der Waals surface area contributed by atoms with E-state index in [1.54, 1.807) is 4.90 Å². The Morgan fingerprint density at radius 3 is 2.48 bits per heavy atom. The van der Waals surface area contributed by atoms with Crippen molar-refractivity contribution in [1.29, 1.82) is 0 Å². The number of piperidine rings is 1. The Labute approximate surface area is 134 Å². The Morgan fingerprint density at radius 1 is 1.39 bits per heavy atom. The lowest BCUT2D eigenvalue weighted by Gasteiger charge is -2.32. The molecule has 2 N–H and O–H groups in total. The van der Waals surface area contributed by atoms with Crippen molar-refractivity contribution in [1.82, 2.24) is 0 Å². The maximum atomic E-state index is 11.9. The Hall–Kier alpha value is -2.16. The van der Waals surface area contributed by atoms with Gasteiger partial charge in [0.15, 0.2) is 9.84 Å². The number of anilines is 1. The van der Waals surface area contributed by atoms with Crippen molar-refractivity contribution in [2.45, 2.75) is 24.7 Å². The van der Waals surface area contributed by atoms with Crippen molar-refractivity contribution in [3.05, 3.63) is 28.3 Å². The van der Waals surface area contributed by atoms with Crippen LogP contribution in [0.5, 0.6) is 0 Å². The van der Waals surface area contributed by atoms with Gasteiger partial charge in [0.25, 0.3) is 5.69 Å². The molecule has 2 rings (SSSR count). The second kappa shape index (κ2) is 6.53. The van der Waals surface area contributed by atoms with E-state index < -0.39 is 14.8 Å². The van der Waals surface area contributed by atoms with E-state index in [2.05, 4.69) is 0 Å². The molecule has 1 heterocycles. The quantitative estimate of drug-likeness (QED) is 0.631. The Morgan fingerprint density at radius 2 is 2.00 bits per heavy atom. The first-order valence-electron chi connectivity index (χ1n) is 7.31. The van der Waals surface area contributed by atoms with Gasteiger partial charge in [-0.15, -0.1) is 0 Å². The number of amides is 1. The van der Waals surface area contributed by atoms with Crippen LogP contribution in [0.15, 0.2) is 23.1 Å². The molecule has 1 aliphatic rings. The molecule has 0 aromatic heterocycles. The number of carbonyl (C=O) groups excluding carboxylic acids is 1. The topological polar surface area (TPSA) is 124 Å². The van der Waals surface area contributed by atoms with Gasteiger partial charge < -0.3 is 10.6 Å². The van der Waals surface area contributed by atoms with Crippen LogP contribution < -0.4 is 10.6 Å². The van der Waals surface area contributed by atoms with Crippen LogP contribution in [-0.2, 0) is 14.6 Å². The molecule has 1 aromatic carbocycles. The summed E-state index contributed by atoms with van der Waals surface area (Å²) in [4.78, 5) is 23.7. The zero-order valence-electron chi connectivity index (χ0n) is 12.8. The van der Waals surface area contributed by atoms with Crippen LogP contribution >= 0.6 is 0 Å². The third-order valence-corrected chi connectivity index (χ3v) is 5.85. The van der Waals surface area contributed by atoms with E-state index >= 15 is 0 Å². The van der Waals surface area contributed by atoms with Gasteiger partial charge in [-0.3, -0.25) is 14.9 Å². The standard InChI is InChI=1S/C14H19N3O5S/c1-2-23(21,22)11-3-4-12(13(9-11)17(19)20)16-7-5-10(6-8-16)14(15)18/h3-4,9-10H,2,5-8H2,1H3,(H2,15,18). The molecule has 1 amide bonds. The highest BCUT2D eigenvalue weighted by Crippen LogP contribution is 2.33. The van der Waals surface area contributed by atoms with Crippen LogP contribution in [0.4, 0.5) is 11.4 Å². The van der Waals surface area contributed by atoms with Crippen LogP contribution in [0.3, 0.4) is 0 Å². The predicted molar refractivity (Wildman–Crippen MR) is 85.0 cm³/mol. The third-order valence-electron chi connectivity index (χ3n) is 4.12.